The summed E-state index contributed by atoms with van der Waals surface area (Å²) in [5, 5.41) is 3.73. The van der Waals surface area contributed by atoms with Crippen LogP contribution in [0.5, 0.6) is 0 Å². The Morgan fingerprint density at radius 1 is 1.09 bits per heavy atom. The minimum Gasteiger partial charge on any atom is -0.375 e. The van der Waals surface area contributed by atoms with E-state index in [1.807, 2.05) is 41.3 Å². The number of rotatable bonds is 4. The summed E-state index contributed by atoms with van der Waals surface area (Å²) in [5.41, 5.74) is 0.787. The van der Waals surface area contributed by atoms with Crippen LogP contribution in [-0.2, 0) is 4.79 Å². The molecule has 1 saturated heterocycles. The molecule has 1 fully saturated rings. The molecule has 3 rings (SSSR count). The number of benzene rings is 1. The lowest BCUT2D eigenvalue weighted by Gasteiger charge is -2.35. The van der Waals surface area contributed by atoms with Crippen molar-refractivity contribution in [3.8, 4) is 0 Å². The van der Waals surface area contributed by atoms with E-state index in [1.54, 1.807) is 12.3 Å². The fourth-order valence-corrected chi connectivity index (χ4v) is 2.82. The van der Waals surface area contributed by atoms with Crippen LogP contribution in [0.15, 0.2) is 48.7 Å². The van der Waals surface area contributed by atoms with E-state index in [0.717, 1.165) is 24.6 Å². The van der Waals surface area contributed by atoms with E-state index in [9.17, 15) is 4.79 Å². The first-order valence-corrected chi connectivity index (χ1v) is 8.04. The number of carbonyl (C=O) groups is 1. The summed E-state index contributed by atoms with van der Waals surface area (Å²) in [6.45, 7) is 3.27. The van der Waals surface area contributed by atoms with Gasteiger partial charge in [0, 0.05) is 32.4 Å². The molecule has 6 heteroatoms. The monoisotopic (exact) mass is 330 g/mol. The maximum atomic E-state index is 12.3. The summed E-state index contributed by atoms with van der Waals surface area (Å²) in [5.74, 6) is 1.05. The zero-order valence-corrected chi connectivity index (χ0v) is 13.5. The van der Waals surface area contributed by atoms with Gasteiger partial charge < -0.3 is 15.1 Å². The van der Waals surface area contributed by atoms with Crippen LogP contribution in [0, 0.1) is 0 Å². The Hall–Kier alpha value is -2.27. The van der Waals surface area contributed by atoms with Crippen molar-refractivity contribution in [3.05, 3.63) is 53.7 Å². The molecule has 0 radical (unpaired) electrons. The van der Waals surface area contributed by atoms with Gasteiger partial charge in [0.25, 0.3) is 0 Å². The summed E-state index contributed by atoms with van der Waals surface area (Å²) < 4.78 is 0. The number of anilines is 2. The Morgan fingerprint density at radius 3 is 2.52 bits per heavy atom. The first-order valence-electron chi connectivity index (χ1n) is 7.66. The maximum absolute atomic E-state index is 12.3. The summed E-state index contributed by atoms with van der Waals surface area (Å²) in [7, 11) is 0. The van der Waals surface area contributed by atoms with Crippen molar-refractivity contribution in [1.82, 2.24) is 9.88 Å². The van der Waals surface area contributed by atoms with E-state index < -0.39 is 0 Å². The fourth-order valence-electron chi connectivity index (χ4n) is 2.61. The molecule has 0 atom stereocenters. The molecule has 2 heterocycles. The zero-order chi connectivity index (χ0) is 16.1. The van der Waals surface area contributed by atoms with Gasteiger partial charge in [0.15, 0.2) is 0 Å². The van der Waals surface area contributed by atoms with Crippen LogP contribution in [0.25, 0.3) is 0 Å². The van der Waals surface area contributed by atoms with Crippen LogP contribution in [0.4, 0.5) is 11.5 Å². The summed E-state index contributed by atoms with van der Waals surface area (Å²) >= 11 is 6.08. The molecule has 0 aliphatic carbocycles. The molecule has 0 saturated carbocycles. The number of nitrogens with zero attached hydrogens (tertiary/aromatic N) is 3. The van der Waals surface area contributed by atoms with E-state index >= 15 is 0 Å². The number of nitrogens with one attached hydrogen (secondary N) is 1. The van der Waals surface area contributed by atoms with Gasteiger partial charge in [0.1, 0.15) is 5.82 Å². The molecule has 0 spiro atoms. The van der Waals surface area contributed by atoms with E-state index in [0.29, 0.717) is 18.1 Å². The normalized spacial score (nSPS) is 14.7. The number of amides is 1. The number of para-hydroxylation sites is 1. The lowest BCUT2D eigenvalue weighted by atomic mass is 10.3. The van der Waals surface area contributed by atoms with Crippen molar-refractivity contribution in [2.75, 3.05) is 42.9 Å². The van der Waals surface area contributed by atoms with E-state index in [1.165, 1.54) is 0 Å². The second kappa shape index (κ2) is 7.33. The third kappa shape index (κ3) is 3.93. The third-order valence-electron chi connectivity index (χ3n) is 3.91. The SMILES string of the molecule is O=C(CNc1ccccc1Cl)N1CCN(c2ccccn2)CC1. The van der Waals surface area contributed by atoms with Crippen LogP contribution in [0.2, 0.25) is 5.02 Å². The van der Waals surface area contributed by atoms with Crippen LogP contribution in [0.1, 0.15) is 0 Å². The minimum atomic E-state index is 0.0885. The lowest BCUT2D eigenvalue weighted by Crippen LogP contribution is -2.50. The Balaban J connectivity index is 1.50. The smallest absolute Gasteiger partial charge is 0.241 e. The Bertz CT molecular complexity index is 657. The van der Waals surface area contributed by atoms with Gasteiger partial charge in [0.2, 0.25) is 5.91 Å². The van der Waals surface area contributed by atoms with Crippen molar-refractivity contribution in [1.29, 1.82) is 0 Å². The van der Waals surface area contributed by atoms with Gasteiger partial charge >= 0.3 is 0 Å². The molecular weight excluding hydrogens is 312 g/mol. The van der Waals surface area contributed by atoms with Gasteiger partial charge in [-0.25, -0.2) is 4.98 Å². The van der Waals surface area contributed by atoms with Gasteiger partial charge in [-0.05, 0) is 24.3 Å². The summed E-state index contributed by atoms with van der Waals surface area (Å²) in [6.07, 6.45) is 1.79. The Labute approximate surface area is 140 Å². The molecule has 1 aliphatic heterocycles. The van der Waals surface area contributed by atoms with Gasteiger partial charge in [-0.3, -0.25) is 4.79 Å². The van der Waals surface area contributed by atoms with Crippen molar-refractivity contribution >= 4 is 29.0 Å². The van der Waals surface area contributed by atoms with Gasteiger partial charge in [-0.15, -0.1) is 0 Å². The molecule has 1 aromatic carbocycles. The molecular formula is C17H19ClN4O. The summed E-state index contributed by atoms with van der Waals surface area (Å²) in [6, 6.07) is 13.3. The highest BCUT2D eigenvalue weighted by molar-refractivity contribution is 6.33. The molecule has 0 bridgehead atoms. The van der Waals surface area contributed by atoms with Crippen molar-refractivity contribution in [3.63, 3.8) is 0 Å². The predicted octanol–water partition coefficient (Wildman–Crippen LogP) is 2.50. The van der Waals surface area contributed by atoms with Crippen molar-refractivity contribution in [2.45, 2.75) is 0 Å². The molecule has 23 heavy (non-hydrogen) atoms. The van der Waals surface area contributed by atoms with Crippen molar-refractivity contribution < 1.29 is 4.79 Å². The second-order valence-electron chi connectivity index (χ2n) is 5.39. The van der Waals surface area contributed by atoms with Crippen LogP contribution >= 0.6 is 11.6 Å². The quantitative estimate of drug-likeness (QED) is 0.935. The van der Waals surface area contributed by atoms with E-state index in [-0.39, 0.29) is 12.5 Å². The highest BCUT2D eigenvalue weighted by atomic mass is 35.5. The minimum absolute atomic E-state index is 0.0885. The van der Waals surface area contributed by atoms with Crippen molar-refractivity contribution in [2.24, 2.45) is 0 Å². The number of piperazine rings is 1. The maximum Gasteiger partial charge on any atom is 0.241 e. The molecule has 1 aliphatic rings. The van der Waals surface area contributed by atoms with Crippen LogP contribution in [0.3, 0.4) is 0 Å². The number of pyridine rings is 1. The van der Waals surface area contributed by atoms with Crippen LogP contribution < -0.4 is 10.2 Å². The van der Waals surface area contributed by atoms with Crippen LogP contribution in [-0.4, -0.2) is 48.5 Å². The molecule has 120 valence electrons. The molecule has 1 N–H and O–H groups in total. The molecule has 5 nitrogen and oxygen atoms in total. The predicted molar refractivity (Wildman–Crippen MR) is 93.0 cm³/mol. The summed E-state index contributed by atoms with van der Waals surface area (Å²) in [4.78, 5) is 20.7. The number of aromatic nitrogens is 1. The number of halogens is 1. The number of hydrogen-bond acceptors (Lipinski definition) is 4. The van der Waals surface area contributed by atoms with Gasteiger partial charge in [-0.1, -0.05) is 29.8 Å². The van der Waals surface area contributed by atoms with E-state index in [4.69, 9.17) is 11.6 Å². The van der Waals surface area contributed by atoms with Gasteiger partial charge in [-0.2, -0.15) is 0 Å². The molecule has 0 unspecified atom stereocenters. The number of hydrogen-bond donors (Lipinski definition) is 1. The first-order chi connectivity index (χ1) is 11.2. The Morgan fingerprint density at radius 2 is 1.83 bits per heavy atom. The largest absolute Gasteiger partial charge is 0.375 e. The van der Waals surface area contributed by atoms with E-state index in [2.05, 4.69) is 15.2 Å². The van der Waals surface area contributed by atoms with Gasteiger partial charge in [0.05, 0.1) is 17.3 Å². The standard InChI is InChI=1S/C17H19ClN4O/c18-14-5-1-2-6-15(14)20-13-17(23)22-11-9-21(10-12-22)16-7-3-4-8-19-16/h1-8,20H,9-13H2. The molecule has 1 amide bonds. The first kappa shape index (κ1) is 15.6. The fraction of sp³-hybridized carbons (Fsp3) is 0.294. The lowest BCUT2D eigenvalue weighted by molar-refractivity contribution is -0.129. The zero-order valence-electron chi connectivity index (χ0n) is 12.8. The average molecular weight is 331 g/mol. The average Bonchev–Trinajstić information content (AvgIpc) is 2.62. The second-order valence-corrected chi connectivity index (χ2v) is 5.80. The third-order valence-corrected chi connectivity index (χ3v) is 4.24. The molecule has 1 aromatic heterocycles. The Kier molecular flexibility index (Phi) is 4.98. The number of carbonyl (C=O) groups excluding carboxylic acids is 1. The topological polar surface area (TPSA) is 48.5 Å². The highest BCUT2D eigenvalue weighted by Crippen LogP contribution is 2.20. The molecule has 2 aromatic rings. The highest BCUT2D eigenvalue weighted by Gasteiger charge is 2.21.